The van der Waals surface area contributed by atoms with E-state index in [0.29, 0.717) is 0 Å². The van der Waals surface area contributed by atoms with Crippen molar-refractivity contribution in [2.45, 2.75) is 19.8 Å². The first kappa shape index (κ1) is 17.1. The Morgan fingerprint density at radius 3 is 2.83 bits per heavy atom. The largest absolute Gasteiger partial charge is 0.396 e. The average molecular weight is 331 g/mol. The Balaban J connectivity index is 2.01. The van der Waals surface area contributed by atoms with Gasteiger partial charge < -0.3 is 14.9 Å². The van der Waals surface area contributed by atoms with Crippen LogP contribution in [0.15, 0.2) is 24.3 Å². The highest BCUT2D eigenvalue weighted by molar-refractivity contribution is 5.92. The number of nitrogens with zero attached hydrogens (tertiary/aromatic N) is 3. The van der Waals surface area contributed by atoms with Gasteiger partial charge in [0.15, 0.2) is 0 Å². The average Bonchev–Trinajstić information content (AvgIpc) is 2.54. The minimum Gasteiger partial charge on any atom is -0.396 e. The number of aromatic nitrogens is 1. The van der Waals surface area contributed by atoms with Crippen LogP contribution in [0.5, 0.6) is 0 Å². The van der Waals surface area contributed by atoms with Crippen LogP contribution in [0.4, 0.5) is 10.1 Å². The molecule has 1 atom stereocenters. The zero-order valence-electron chi connectivity index (χ0n) is 14.7. The molecule has 0 spiro atoms. The van der Waals surface area contributed by atoms with Gasteiger partial charge in [-0.3, -0.25) is 4.98 Å². The summed E-state index contributed by atoms with van der Waals surface area (Å²) in [6.07, 6.45) is 2.03. The number of halogens is 1. The van der Waals surface area contributed by atoms with Crippen LogP contribution in [0.2, 0.25) is 0 Å². The van der Waals surface area contributed by atoms with Gasteiger partial charge in [0.25, 0.3) is 0 Å². The van der Waals surface area contributed by atoms with E-state index in [9.17, 15) is 9.50 Å². The first-order chi connectivity index (χ1) is 11.4. The highest BCUT2D eigenvalue weighted by atomic mass is 19.1. The van der Waals surface area contributed by atoms with Crippen molar-refractivity contribution >= 4 is 16.6 Å². The van der Waals surface area contributed by atoms with Crippen molar-refractivity contribution in [1.29, 1.82) is 0 Å². The van der Waals surface area contributed by atoms with Gasteiger partial charge in [0, 0.05) is 41.8 Å². The van der Waals surface area contributed by atoms with Gasteiger partial charge >= 0.3 is 0 Å². The van der Waals surface area contributed by atoms with E-state index in [2.05, 4.69) is 14.8 Å². The fourth-order valence-corrected chi connectivity index (χ4v) is 3.96. The maximum Gasteiger partial charge on any atom is 0.124 e. The molecule has 0 amide bonds. The predicted octanol–water partition coefficient (Wildman–Crippen LogP) is 2.82. The molecule has 1 saturated heterocycles. The Morgan fingerprint density at radius 2 is 2.12 bits per heavy atom. The van der Waals surface area contributed by atoms with Crippen molar-refractivity contribution in [3.8, 4) is 0 Å². The molecule has 0 saturated carbocycles. The fraction of sp³-hybridized carbons (Fsp3) is 0.526. The number of piperidine rings is 1. The topological polar surface area (TPSA) is 39.6 Å². The number of benzene rings is 1. The summed E-state index contributed by atoms with van der Waals surface area (Å²) >= 11 is 0. The highest BCUT2D eigenvalue weighted by Gasteiger charge is 2.36. The van der Waals surface area contributed by atoms with Crippen molar-refractivity contribution in [2.24, 2.45) is 5.41 Å². The summed E-state index contributed by atoms with van der Waals surface area (Å²) in [7, 11) is 4.08. The van der Waals surface area contributed by atoms with Crippen LogP contribution in [-0.2, 0) is 0 Å². The first-order valence-electron chi connectivity index (χ1n) is 8.50. The Labute approximate surface area is 142 Å². The number of fused-ring (bicyclic) bond motifs is 1. The van der Waals surface area contributed by atoms with Crippen molar-refractivity contribution in [2.75, 3.05) is 45.2 Å². The summed E-state index contributed by atoms with van der Waals surface area (Å²) in [5.41, 5.74) is 2.63. The number of aryl methyl sites for hydroxylation is 1. The smallest absolute Gasteiger partial charge is 0.124 e. The van der Waals surface area contributed by atoms with Crippen molar-refractivity contribution in [3.63, 3.8) is 0 Å². The van der Waals surface area contributed by atoms with E-state index < -0.39 is 0 Å². The number of pyridine rings is 1. The molecule has 4 nitrogen and oxygen atoms in total. The lowest BCUT2D eigenvalue weighted by atomic mass is 9.80. The highest BCUT2D eigenvalue weighted by Crippen LogP contribution is 2.36. The molecule has 5 heteroatoms. The minimum absolute atomic E-state index is 0.140. The molecule has 1 unspecified atom stereocenters. The molecule has 1 N–H and O–H groups in total. The van der Waals surface area contributed by atoms with E-state index in [0.717, 1.165) is 54.8 Å². The van der Waals surface area contributed by atoms with Crippen LogP contribution in [-0.4, -0.2) is 55.3 Å². The lowest BCUT2D eigenvalue weighted by molar-refractivity contribution is 0.0763. The molecule has 0 radical (unpaired) electrons. The molecule has 1 aliphatic heterocycles. The van der Waals surface area contributed by atoms with Crippen LogP contribution in [0, 0.1) is 18.2 Å². The standard InChI is InChI=1S/C19H26FN3O/c1-14-9-18(16-10-15(20)5-6-17(16)21-14)23-8-4-7-19(12-23,13-24)11-22(2)3/h5-6,9-10,24H,4,7-8,11-13H2,1-3H3. The SMILES string of the molecule is Cc1cc(N2CCCC(CO)(CN(C)C)C2)c2cc(F)ccc2n1. The van der Waals surface area contributed by atoms with Gasteiger partial charge in [-0.15, -0.1) is 0 Å². The van der Waals surface area contributed by atoms with Gasteiger partial charge in [-0.2, -0.15) is 0 Å². The lowest BCUT2D eigenvalue weighted by Gasteiger charge is -2.44. The van der Waals surface area contributed by atoms with E-state index >= 15 is 0 Å². The van der Waals surface area contributed by atoms with Gasteiger partial charge in [0.1, 0.15) is 5.82 Å². The summed E-state index contributed by atoms with van der Waals surface area (Å²) in [5.74, 6) is -0.242. The summed E-state index contributed by atoms with van der Waals surface area (Å²) < 4.78 is 13.8. The molecule has 1 fully saturated rings. The van der Waals surface area contributed by atoms with Gasteiger partial charge in [-0.25, -0.2) is 4.39 Å². The number of anilines is 1. The lowest BCUT2D eigenvalue weighted by Crippen LogP contribution is -2.50. The van der Waals surface area contributed by atoms with Crippen LogP contribution in [0.3, 0.4) is 0 Å². The van der Waals surface area contributed by atoms with E-state index in [1.807, 2.05) is 27.1 Å². The molecule has 1 aromatic carbocycles. The normalized spacial score (nSPS) is 21.7. The van der Waals surface area contributed by atoms with Crippen LogP contribution < -0.4 is 4.90 Å². The van der Waals surface area contributed by atoms with Crippen LogP contribution >= 0.6 is 0 Å². The second kappa shape index (κ2) is 6.65. The maximum atomic E-state index is 13.8. The zero-order valence-corrected chi connectivity index (χ0v) is 14.7. The maximum absolute atomic E-state index is 13.8. The second-order valence-electron chi connectivity index (χ2n) is 7.37. The summed E-state index contributed by atoms with van der Waals surface area (Å²) in [6.45, 7) is 4.67. The Bertz CT molecular complexity index is 734. The van der Waals surface area contributed by atoms with Crippen molar-refractivity contribution in [1.82, 2.24) is 9.88 Å². The molecule has 130 valence electrons. The molecule has 24 heavy (non-hydrogen) atoms. The summed E-state index contributed by atoms with van der Waals surface area (Å²) in [5, 5.41) is 10.9. The van der Waals surface area contributed by atoms with Crippen LogP contribution in [0.25, 0.3) is 10.9 Å². The van der Waals surface area contributed by atoms with E-state index in [-0.39, 0.29) is 17.8 Å². The molecule has 2 heterocycles. The molecular weight excluding hydrogens is 305 g/mol. The van der Waals surface area contributed by atoms with Crippen LogP contribution in [0.1, 0.15) is 18.5 Å². The quantitative estimate of drug-likeness (QED) is 0.935. The third kappa shape index (κ3) is 3.37. The van der Waals surface area contributed by atoms with E-state index in [1.54, 1.807) is 12.1 Å². The zero-order chi connectivity index (χ0) is 17.3. The third-order valence-corrected chi connectivity index (χ3v) is 4.87. The predicted molar refractivity (Wildman–Crippen MR) is 96.0 cm³/mol. The number of aliphatic hydroxyl groups excluding tert-OH is 1. The van der Waals surface area contributed by atoms with E-state index in [4.69, 9.17) is 0 Å². The molecule has 3 rings (SSSR count). The Kier molecular flexibility index (Phi) is 4.74. The molecule has 1 aliphatic rings. The van der Waals surface area contributed by atoms with E-state index in [1.165, 1.54) is 6.07 Å². The summed E-state index contributed by atoms with van der Waals surface area (Å²) in [6, 6.07) is 6.80. The first-order valence-corrected chi connectivity index (χ1v) is 8.50. The number of hydrogen-bond donors (Lipinski definition) is 1. The molecule has 0 aliphatic carbocycles. The monoisotopic (exact) mass is 331 g/mol. The Morgan fingerprint density at radius 1 is 1.33 bits per heavy atom. The summed E-state index contributed by atoms with van der Waals surface area (Å²) in [4.78, 5) is 8.95. The fourth-order valence-electron chi connectivity index (χ4n) is 3.96. The molecule has 0 bridgehead atoms. The number of aliphatic hydroxyl groups is 1. The molecule has 1 aromatic heterocycles. The Hall–Kier alpha value is -1.72. The van der Waals surface area contributed by atoms with Gasteiger partial charge in [0.05, 0.1) is 12.1 Å². The number of rotatable bonds is 4. The van der Waals surface area contributed by atoms with Crippen molar-refractivity contribution < 1.29 is 9.50 Å². The van der Waals surface area contributed by atoms with Gasteiger partial charge in [-0.05, 0) is 58.1 Å². The number of hydrogen-bond acceptors (Lipinski definition) is 4. The second-order valence-corrected chi connectivity index (χ2v) is 7.37. The minimum atomic E-state index is -0.242. The van der Waals surface area contributed by atoms with Gasteiger partial charge in [-0.1, -0.05) is 0 Å². The molecule has 2 aromatic rings. The molecular formula is C19H26FN3O. The third-order valence-electron chi connectivity index (χ3n) is 4.87. The van der Waals surface area contributed by atoms with Gasteiger partial charge in [0.2, 0.25) is 0 Å². The van der Waals surface area contributed by atoms with Crippen molar-refractivity contribution in [3.05, 3.63) is 35.8 Å².